The Hall–Kier alpha value is -2.21. The van der Waals surface area contributed by atoms with Crippen LogP contribution in [0.1, 0.15) is 42.3 Å². The van der Waals surface area contributed by atoms with Gasteiger partial charge in [0.05, 0.1) is 12.7 Å². The molecule has 1 N–H and O–H groups in total. The van der Waals surface area contributed by atoms with Crippen molar-refractivity contribution in [3.8, 4) is 0 Å². The predicted octanol–water partition coefficient (Wildman–Crippen LogP) is 3.55. The summed E-state index contributed by atoms with van der Waals surface area (Å²) in [5.41, 5.74) is 3.24. The molecule has 162 valence electrons. The molecule has 0 aromatic heterocycles. The molecule has 1 aliphatic rings. The van der Waals surface area contributed by atoms with Gasteiger partial charge < -0.3 is 10.1 Å². The van der Waals surface area contributed by atoms with Crippen molar-refractivity contribution in [3.05, 3.63) is 71.3 Å². The minimum Gasteiger partial charge on any atom is -0.374 e. The SMILES string of the molecule is CCN(Cc1ccc(C(=O)NCC2CN(Cc3ccccc3)CCO2)cc1)C(C)C. The minimum atomic E-state index is -0.0402. The zero-order valence-corrected chi connectivity index (χ0v) is 18.5. The Labute approximate surface area is 181 Å². The van der Waals surface area contributed by atoms with E-state index in [-0.39, 0.29) is 12.0 Å². The second kappa shape index (κ2) is 11.3. The van der Waals surface area contributed by atoms with Crippen molar-refractivity contribution in [3.63, 3.8) is 0 Å². The molecule has 1 aliphatic heterocycles. The molecule has 1 amide bonds. The van der Waals surface area contributed by atoms with Gasteiger partial charge in [-0.25, -0.2) is 0 Å². The smallest absolute Gasteiger partial charge is 0.251 e. The van der Waals surface area contributed by atoms with Gasteiger partial charge in [-0.05, 0) is 43.7 Å². The third kappa shape index (κ3) is 6.66. The molecular weight excluding hydrogens is 374 g/mol. The zero-order chi connectivity index (χ0) is 21.3. The topological polar surface area (TPSA) is 44.8 Å². The molecule has 3 rings (SSSR count). The first-order valence-electron chi connectivity index (χ1n) is 11.0. The van der Waals surface area contributed by atoms with Crippen LogP contribution >= 0.6 is 0 Å². The van der Waals surface area contributed by atoms with Crippen LogP contribution in [0, 0.1) is 0 Å². The molecule has 30 heavy (non-hydrogen) atoms. The fourth-order valence-corrected chi connectivity index (χ4v) is 3.85. The van der Waals surface area contributed by atoms with E-state index in [1.807, 2.05) is 18.2 Å². The molecule has 1 heterocycles. The number of nitrogens with one attached hydrogen (secondary N) is 1. The number of morpholine rings is 1. The summed E-state index contributed by atoms with van der Waals surface area (Å²) in [6.07, 6.45) is 0.0230. The molecule has 5 nitrogen and oxygen atoms in total. The number of hydrogen-bond donors (Lipinski definition) is 1. The minimum absolute atomic E-state index is 0.0230. The first-order chi connectivity index (χ1) is 14.5. The van der Waals surface area contributed by atoms with Crippen LogP contribution < -0.4 is 5.32 Å². The lowest BCUT2D eigenvalue weighted by Crippen LogP contribution is -2.47. The molecule has 1 atom stereocenters. The van der Waals surface area contributed by atoms with Gasteiger partial charge in [0, 0.05) is 44.3 Å². The third-order valence-corrected chi connectivity index (χ3v) is 5.70. The van der Waals surface area contributed by atoms with Crippen molar-refractivity contribution < 1.29 is 9.53 Å². The fourth-order valence-electron chi connectivity index (χ4n) is 3.85. The average molecular weight is 410 g/mol. The van der Waals surface area contributed by atoms with E-state index in [4.69, 9.17) is 4.74 Å². The van der Waals surface area contributed by atoms with Crippen LogP contribution in [-0.2, 0) is 17.8 Å². The summed E-state index contributed by atoms with van der Waals surface area (Å²) in [7, 11) is 0. The van der Waals surface area contributed by atoms with E-state index in [1.165, 1.54) is 11.1 Å². The largest absolute Gasteiger partial charge is 0.374 e. The molecule has 0 radical (unpaired) electrons. The Kier molecular flexibility index (Phi) is 8.43. The van der Waals surface area contributed by atoms with Gasteiger partial charge in [-0.2, -0.15) is 0 Å². The summed E-state index contributed by atoms with van der Waals surface area (Å²) in [4.78, 5) is 17.4. The Morgan fingerprint density at radius 2 is 1.87 bits per heavy atom. The number of nitrogens with zero attached hydrogens (tertiary/aromatic N) is 2. The van der Waals surface area contributed by atoms with Crippen molar-refractivity contribution >= 4 is 5.91 Å². The molecule has 0 bridgehead atoms. The Balaban J connectivity index is 1.46. The van der Waals surface area contributed by atoms with Gasteiger partial charge in [0.2, 0.25) is 0 Å². The maximum absolute atomic E-state index is 12.6. The van der Waals surface area contributed by atoms with Crippen LogP contribution in [0.5, 0.6) is 0 Å². The van der Waals surface area contributed by atoms with Gasteiger partial charge >= 0.3 is 0 Å². The van der Waals surface area contributed by atoms with Gasteiger partial charge in [0.15, 0.2) is 0 Å². The molecule has 1 saturated heterocycles. The Morgan fingerprint density at radius 3 is 2.53 bits per heavy atom. The molecule has 2 aromatic carbocycles. The van der Waals surface area contributed by atoms with Crippen molar-refractivity contribution in [2.75, 3.05) is 32.8 Å². The van der Waals surface area contributed by atoms with E-state index < -0.39 is 0 Å². The fraction of sp³-hybridized carbons (Fsp3) is 0.480. The lowest BCUT2D eigenvalue weighted by atomic mass is 10.1. The van der Waals surface area contributed by atoms with Crippen molar-refractivity contribution in [2.45, 2.75) is 46.0 Å². The summed E-state index contributed by atoms with van der Waals surface area (Å²) in [5, 5.41) is 3.04. The summed E-state index contributed by atoms with van der Waals surface area (Å²) in [5.74, 6) is -0.0402. The Bertz CT molecular complexity index is 777. The summed E-state index contributed by atoms with van der Waals surface area (Å²) in [6.45, 7) is 12.4. The molecular formula is C25H35N3O2. The first-order valence-corrected chi connectivity index (χ1v) is 11.0. The number of hydrogen-bond acceptors (Lipinski definition) is 4. The molecule has 5 heteroatoms. The molecule has 2 aromatic rings. The Morgan fingerprint density at radius 1 is 1.13 bits per heavy atom. The van der Waals surface area contributed by atoms with Crippen LogP contribution in [0.3, 0.4) is 0 Å². The second-order valence-electron chi connectivity index (χ2n) is 8.28. The quantitative estimate of drug-likeness (QED) is 0.688. The first kappa shape index (κ1) is 22.5. The standard InChI is InChI=1S/C25H35N3O2/c1-4-28(20(2)3)18-22-10-12-23(13-11-22)25(29)26-16-24-19-27(14-15-30-24)17-21-8-6-5-7-9-21/h5-13,20,24H,4,14-19H2,1-3H3,(H,26,29). The van der Waals surface area contributed by atoms with Gasteiger partial charge in [0.25, 0.3) is 5.91 Å². The molecule has 0 saturated carbocycles. The number of benzene rings is 2. The van der Waals surface area contributed by atoms with E-state index in [0.29, 0.717) is 24.8 Å². The van der Waals surface area contributed by atoms with E-state index in [9.17, 15) is 4.79 Å². The summed E-state index contributed by atoms with van der Waals surface area (Å²) < 4.78 is 5.87. The third-order valence-electron chi connectivity index (χ3n) is 5.70. The van der Waals surface area contributed by atoms with E-state index in [1.54, 1.807) is 0 Å². The van der Waals surface area contributed by atoms with Crippen LogP contribution in [0.4, 0.5) is 0 Å². The summed E-state index contributed by atoms with van der Waals surface area (Å²) >= 11 is 0. The van der Waals surface area contributed by atoms with E-state index in [2.05, 4.69) is 72.3 Å². The summed E-state index contributed by atoms with van der Waals surface area (Å²) in [6, 6.07) is 18.9. The van der Waals surface area contributed by atoms with E-state index in [0.717, 1.165) is 32.7 Å². The number of amides is 1. The predicted molar refractivity (Wildman–Crippen MR) is 121 cm³/mol. The van der Waals surface area contributed by atoms with Crippen molar-refractivity contribution in [1.29, 1.82) is 0 Å². The maximum Gasteiger partial charge on any atom is 0.251 e. The molecule has 0 spiro atoms. The number of carbonyl (C=O) groups excluding carboxylic acids is 1. The molecule has 1 fully saturated rings. The highest BCUT2D eigenvalue weighted by Gasteiger charge is 2.21. The van der Waals surface area contributed by atoms with Gasteiger partial charge in [-0.1, -0.05) is 49.4 Å². The second-order valence-corrected chi connectivity index (χ2v) is 8.28. The highest BCUT2D eigenvalue weighted by atomic mass is 16.5. The monoisotopic (exact) mass is 409 g/mol. The number of carbonyl (C=O) groups is 1. The zero-order valence-electron chi connectivity index (χ0n) is 18.5. The van der Waals surface area contributed by atoms with Crippen LogP contribution in [-0.4, -0.2) is 60.6 Å². The molecule has 0 aliphatic carbocycles. The average Bonchev–Trinajstić information content (AvgIpc) is 2.77. The van der Waals surface area contributed by atoms with E-state index >= 15 is 0 Å². The van der Waals surface area contributed by atoms with Crippen molar-refractivity contribution in [1.82, 2.24) is 15.1 Å². The number of rotatable bonds is 9. The number of ether oxygens (including phenoxy) is 1. The normalized spacial score (nSPS) is 17.4. The van der Waals surface area contributed by atoms with Gasteiger partial charge in [-0.15, -0.1) is 0 Å². The highest BCUT2D eigenvalue weighted by molar-refractivity contribution is 5.94. The lowest BCUT2D eigenvalue weighted by Gasteiger charge is -2.33. The molecule has 1 unspecified atom stereocenters. The lowest BCUT2D eigenvalue weighted by molar-refractivity contribution is -0.0292. The van der Waals surface area contributed by atoms with Crippen LogP contribution in [0.15, 0.2) is 54.6 Å². The van der Waals surface area contributed by atoms with Crippen LogP contribution in [0.25, 0.3) is 0 Å². The highest BCUT2D eigenvalue weighted by Crippen LogP contribution is 2.12. The maximum atomic E-state index is 12.6. The van der Waals surface area contributed by atoms with Gasteiger partial charge in [-0.3, -0.25) is 14.6 Å². The van der Waals surface area contributed by atoms with Crippen molar-refractivity contribution in [2.24, 2.45) is 0 Å². The van der Waals surface area contributed by atoms with Gasteiger partial charge in [0.1, 0.15) is 0 Å². The van der Waals surface area contributed by atoms with Crippen LogP contribution in [0.2, 0.25) is 0 Å².